The first-order valence-electron chi connectivity index (χ1n) is 6.22. The van der Waals surface area contributed by atoms with Crippen molar-refractivity contribution in [2.75, 3.05) is 24.6 Å². The molecule has 0 aliphatic carbocycles. The molecule has 0 heterocycles. The van der Waals surface area contributed by atoms with Crippen LogP contribution >= 0.6 is 0 Å². The van der Waals surface area contributed by atoms with Gasteiger partial charge >= 0.3 is 5.97 Å². The number of esters is 1. The van der Waals surface area contributed by atoms with E-state index in [4.69, 9.17) is 10.00 Å². The number of carbonyl (C=O) groups excluding carboxylic acids is 1. The van der Waals surface area contributed by atoms with Gasteiger partial charge in [0.25, 0.3) is 0 Å². The van der Waals surface area contributed by atoms with Crippen molar-refractivity contribution in [2.24, 2.45) is 0 Å². The van der Waals surface area contributed by atoms with Crippen molar-refractivity contribution in [3.8, 4) is 6.07 Å². The minimum atomic E-state index is -0.579. The number of nitriles is 1. The van der Waals surface area contributed by atoms with Crippen molar-refractivity contribution in [3.05, 3.63) is 29.6 Å². The van der Waals surface area contributed by atoms with Crippen LogP contribution in [0.2, 0.25) is 0 Å². The summed E-state index contributed by atoms with van der Waals surface area (Å²) in [4.78, 5) is 13.2. The van der Waals surface area contributed by atoms with Crippen LogP contribution in [0.15, 0.2) is 18.2 Å². The first kappa shape index (κ1) is 15.0. The van der Waals surface area contributed by atoms with Gasteiger partial charge in [0.1, 0.15) is 18.4 Å². The Morgan fingerprint density at radius 3 is 2.74 bits per heavy atom. The molecule has 0 atom stereocenters. The van der Waals surface area contributed by atoms with Gasteiger partial charge in [-0.1, -0.05) is 6.92 Å². The van der Waals surface area contributed by atoms with Crippen molar-refractivity contribution in [3.63, 3.8) is 0 Å². The third-order valence-electron chi connectivity index (χ3n) is 2.56. The predicted molar refractivity (Wildman–Crippen MR) is 70.3 cm³/mol. The predicted octanol–water partition coefficient (Wildman–Crippen LogP) is 2.48. The SMILES string of the molecule is CCCN(CC(=O)OCC)c1ccc(C#N)c(F)c1. The zero-order chi connectivity index (χ0) is 14.3. The number of hydrogen-bond donors (Lipinski definition) is 0. The fourth-order valence-corrected chi connectivity index (χ4v) is 1.72. The second-order valence-corrected chi connectivity index (χ2v) is 4.00. The number of nitrogens with zero attached hydrogens (tertiary/aromatic N) is 2. The lowest BCUT2D eigenvalue weighted by atomic mass is 10.2. The third kappa shape index (κ3) is 4.25. The molecule has 0 unspecified atom stereocenters. The number of benzene rings is 1. The van der Waals surface area contributed by atoms with E-state index < -0.39 is 5.82 Å². The Balaban J connectivity index is 2.90. The Morgan fingerprint density at radius 2 is 2.21 bits per heavy atom. The maximum Gasteiger partial charge on any atom is 0.325 e. The zero-order valence-corrected chi connectivity index (χ0v) is 11.1. The molecular formula is C14H17FN2O2. The molecule has 1 aromatic carbocycles. The number of halogens is 1. The summed E-state index contributed by atoms with van der Waals surface area (Å²) in [5.41, 5.74) is 0.572. The van der Waals surface area contributed by atoms with Gasteiger partial charge in [-0.15, -0.1) is 0 Å². The van der Waals surface area contributed by atoms with Crippen molar-refractivity contribution in [1.82, 2.24) is 0 Å². The fourth-order valence-electron chi connectivity index (χ4n) is 1.72. The topological polar surface area (TPSA) is 53.3 Å². The molecule has 0 N–H and O–H groups in total. The van der Waals surface area contributed by atoms with Crippen LogP contribution in [-0.2, 0) is 9.53 Å². The zero-order valence-electron chi connectivity index (χ0n) is 11.1. The summed E-state index contributed by atoms with van der Waals surface area (Å²) < 4.78 is 18.5. The molecule has 0 aliphatic heterocycles. The molecule has 0 amide bonds. The van der Waals surface area contributed by atoms with Crippen molar-refractivity contribution < 1.29 is 13.9 Å². The van der Waals surface area contributed by atoms with Gasteiger partial charge in [-0.25, -0.2) is 4.39 Å². The molecule has 1 aromatic rings. The highest BCUT2D eigenvalue weighted by molar-refractivity contribution is 5.75. The fraction of sp³-hybridized carbons (Fsp3) is 0.429. The molecule has 19 heavy (non-hydrogen) atoms. The van der Waals surface area contributed by atoms with Gasteiger partial charge in [-0.2, -0.15) is 5.26 Å². The Labute approximate surface area is 112 Å². The normalized spacial score (nSPS) is 9.79. The van der Waals surface area contributed by atoms with Crippen LogP contribution in [-0.4, -0.2) is 25.7 Å². The van der Waals surface area contributed by atoms with Crippen LogP contribution in [0.5, 0.6) is 0 Å². The minimum absolute atomic E-state index is 0.00340. The van der Waals surface area contributed by atoms with E-state index in [9.17, 15) is 9.18 Å². The van der Waals surface area contributed by atoms with Crippen LogP contribution in [0.4, 0.5) is 10.1 Å². The molecule has 0 saturated carbocycles. The maximum atomic E-state index is 13.6. The quantitative estimate of drug-likeness (QED) is 0.741. The molecule has 0 aliphatic rings. The van der Waals surface area contributed by atoms with E-state index in [0.29, 0.717) is 18.8 Å². The summed E-state index contributed by atoms with van der Waals surface area (Å²) in [6, 6.07) is 6.09. The molecule has 1 rings (SSSR count). The summed E-state index contributed by atoms with van der Waals surface area (Å²) >= 11 is 0. The molecule has 0 saturated heterocycles. The summed E-state index contributed by atoms with van der Waals surface area (Å²) in [5.74, 6) is -0.925. The van der Waals surface area contributed by atoms with Crippen molar-refractivity contribution in [1.29, 1.82) is 5.26 Å². The molecule has 102 valence electrons. The summed E-state index contributed by atoms with van der Waals surface area (Å²) in [7, 11) is 0. The average molecular weight is 264 g/mol. The number of anilines is 1. The van der Waals surface area contributed by atoms with Crippen LogP contribution in [0.3, 0.4) is 0 Å². The van der Waals surface area contributed by atoms with Crippen LogP contribution in [0, 0.1) is 17.1 Å². The second kappa shape index (κ2) is 7.37. The highest BCUT2D eigenvalue weighted by Gasteiger charge is 2.13. The molecule has 5 heteroatoms. The molecule has 0 fully saturated rings. The number of ether oxygens (including phenoxy) is 1. The maximum absolute atomic E-state index is 13.6. The lowest BCUT2D eigenvalue weighted by Crippen LogP contribution is -2.31. The van der Waals surface area contributed by atoms with Gasteiger partial charge in [0.2, 0.25) is 0 Å². The van der Waals surface area contributed by atoms with Crippen LogP contribution in [0.1, 0.15) is 25.8 Å². The standard InChI is InChI=1S/C14H17FN2O2/c1-3-7-17(10-14(18)19-4-2)12-6-5-11(9-16)13(15)8-12/h5-6,8H,3-4,7,10H2,1-2H3. The summed E-state index contributed by atoms with van der Waals surface area (Å²) in [6.07, 6.45) is 0.820. The van der Waals surface area contributed by atoms with Gasteiger partial charge in [0.15, 0.2) is 0 Å². The van der Waals surface area contributed by atoms with Crippen molar-refractivity contribution >= 4 is 11.7 Å². The third-order valence-corrected chi connectivity index (χ3v) is 2.56. The number of rotatable bonds is 6. The van der Waals surface area contributed by atoms with Gasteiger partial charge in [0, 0.05) is 12.2 Å². The largest absolute Gasteiger partial charge is 0.465 e. The number of carbonyl (C=O) groups is 1. The second-order valence-electron chi connectivity index (χ2n) is 4.00. The van der Waals surface area contributed by atoms with E-state index in [1.165, 1.54) is 12.1 Å². The smallest absolute Gasteiger partial charge is 0.325 e. The Hall–Kier alpha value is -2.09. The van der Waals surface area contributed by atoms with E-state index in [-0.39, 0.29) is 18.1 Å². The lowest BCUT2D eigenvalue weighted by molar-refractivity contribution is -0.141. The Morgan fingerprint density at radius 1 is 1.47 bits per heavy atom. The molecule has 0 spiro atoms. The molecule has 4 nitrogen and oxygen atoms in total. The monoisotopic (exact) mass is 264 g/mol. The Bertz CT molecular complexity index is 483. The highest BCUT2D eigenvalue weighted by Crippen LogP contribution is 2.18. The van der Waals surface area contributed by atoms with Crippen molar-refractivity contribution in [2.45, 2.75) is 20.3 Å². The van der Waals surface area contributed by atoms with E-state index in [0.717, 1.165) is 6.42 Å². The molecule has 0 aromatic heterocycles. The Kier molecular flexibility index (Phi) is 5.80. The minimum Gasteiger partial charge on any atom is -0.465 e. The summed E-state index contributed by atoms with van der Waals surface area (Å²) in [5, 5.41) is 8.69. The lowest BCUT2D eigenvalue weighted by Gasteiger charge is -2.23. The summed E-state index contributed by atoms with van der Waals surface area (Å²) in [6.45, 7) is 4.72. The van der Waals surface area contributed by atoms with Gasteiger partial charge < -0.3 is 9.64 Å². The van der Waals surface area contributed by atoms with E-state index in [1.54, 1.807) is 24.0 Å². The first-order chi connectivity index (χ1) is 9.12. The molecule has 0 bridgehead atoms. The van der Waals surface area contributed by atoms with Gasteiger partial charge in [-0.05, 0) is 31.5 Å². The van der Waals surface area contributed by atoms with Gasteiger partial charge in [-0.3, -0.25) is 4.79 Å². The van der Waals surface area contributed by atoms with E-state index >= 15 is 0 Å². The van der Waals surface area contributed by atoms with Crippen LogP contribution < -0.4 is 4.90 Å². The first-order valence-corrected chi connectivity index (χ1v) is 6.22. The van der Waals surface area contributed by atoms with Gasteiger partial charge in [0.05, 0.1) is 12.2 Å². The highest BCUT2D eigenvalue weighted by atomic mass is 19.1. The molecular weight excluding hydrogens is 247 g/mol. The average Bonchev–Trinajstić information content (AvgIpc) is 2.38. The van der Waals surface area contributed by atoms with E-state index in [2.05, 4.69) is 0 Å². The molecule has 0 radical (unpaired) electrons. The number of hydrogen-bond acceptors (Lipinski definition) is 4. The van der Waals surface area contributed by atoms with Crippen LogP contribution in [0.25, 0.3) is 0 Å². The van der Waals surface area contributed by atoms with E-state index in [1.807, 2.05) is 6.92 Å².